The van der Waals surface area contributed by atoms with Gasteiger partial charge in [0.2, 0.25) is 0 Å². The van der Waals surface area contributed by atoms with Gasteiger partial charge in [-0.3, -0.25) is 0 Å². The maximum Gasteiger partial charge on any atom is 0.335 e. The van der Waals surface area contributed by atoms with Crippen molar-refractivity contribution in [1.29, 1.82) is 0 Å². The zero-order chi connectivity index (χ0) is 15.9. The van der Waals surface area contributed by atoms with E-state index in [2.05, 4.69) is 25.3 Å². The molecule has 114 valence electrons. The van der Waals surface area contributed by atoms with Crippen LogP contribution in [0, 0.1) is 13.8 Å². The number of benzene rings is 1. The fraction of sp³-hybridized carbons (Fsp3) is 0.471. The van der Waals surface area contributed by atoms with E-state index in [4.69, 9.17) is 0 Å². The molecule has 4 heteroatoms. The van der Waals surface area contributed by atoms with Crippen LogP contribution >= 0.6 is 0 Å². The van der Waals surface area contributed by atoms with Gasteiger partial charge in [0.15, 0.2) is 0 Å². The van der Waals surface area contributed by atoms with Crippen molar-refractivity contribution in [2.45, 2.75) is 46.6 Å². The maximum absolute atomic E-state index is 11.4. The molecule has 21 heavy (non-hydrogen) atoms. The summed E-state index contributed by atoms with van der Waals surface area (Å²) in [7, 11) is 0. The summed E-state index contributed by atoms with van der Waals surface area (Å²) in [5.41, 5.74) is 4.34. The summed E-state index contributed by atoms with van der Waals surface area (Å²) in [5, 5.41) is 19.7. The highest BCUT2D eigenvalue weighted by Crippen LogP contribution is 2.35. The minimum atomic E-state index is -0.908. The van der Waals surface area contributed by atoms with Crippen LogP contribution in [0.5, 0.6) is 0 Å². The molecular formula is C17H23NO3. The topological polar surface area (TPSA) is 62.5 Å². The number of carboxylic acid groups (broad SMARTS) is 1. The summed E-state index contributed by atoms with van der Waals surface area (Å²) in [4.78, 5) is 11.4. The summed E-state index contributed by atoms with van der Waals surface area (Å²) in [6, 6.07) is 3.50. The zero-order valence-corrected chi connectivity index (χ0v) is 13.3. The number of aryl methyl sites for hydroxylation is 1. The Morgan fingerprint density at radius 1 is 1.24 bits per heavy atom. The number of aromatic nitrogens is 1. The van der Waals surface area contributed by atoms with Gasteiger partial charge in [-0.25, -0.2) is 4.79 Å². The standard InChI is InChI=1S/C17H23NO3/c1-10-11(2)18(6-7-19)15-13(10)8-12(16(20)21)9-14(15)17(3,4)5/h8-9,19H,6-7H2,1-5H3,(H,20,21). The van der Waals surface area contributed by atoms with Crippen LogP contribution in [0.3, 0.4) is 0 Å². The van der Waals surface area contributed by atoms with Gasteiger partial charge >= 0.3 is 5.97 Å². The molecule has 0 aliphatic heterocycles. The molecule has 0 aliphatic rings. The Morgan fingerprint density at radius 3 is 2.33 bits per heavy atom. The van der Waals surface area contributed by atoms with Gasteiger partial charge in [0.1, 0.15) is 0 Å². The molecule has 0 atom stereocenters. The number of aliphatic hydroxyl groups is 1. The number of fused-ring (bicyclic) bond motifs is 1. The first-order valence-electron chi connectivity index (χ1n) is 7.16. The summed E-state index contributed by atoms with van der Waals surface area (Å²) in [6.45, 7) is 10.8. The SMILES string of the molecule is Cc1c(C)n(CCO)c2c(C(C)(C)C)cc(C(=O)O)cc12. The smallest absolute Gasteiger partial charge is 0.335 e. The van der Waals surface area contributed by atoms with Crippen molar-refractivity contribution >= 4 is 16.9 Å². The van der Waals surface area contributed by atoms with E-state index in [9.17, 15) is 15.0 Å². The number of rotatable bonds is 3. The predicted molar refractivity (Wildman–Crippen MR) is 84.2 cm³/mol. The average molecular weight is 289 g/mol. The van der Waals surface area contributed by atoms with E-state index in [1.807, 2.05) is 13.8 Å². The summed E-state index contributed by atoms with van der Waals surface area (Å²) in [5.74, 6) is -0.908. The van der Waals surface area contributed by atoms with Gasteiger partial charge in [-0.2, -0.15) is 0 Å². The molecule has 0 unspecified atom stereocenters. The Hall–Kier alpha value is -1.81. The lowest BCUT2D eigenvalue weighted by Crippen LogP contribution is -2.16. The molecule has 0 spiro atoms. The lowest BCUT2D eigenvalue weighted by molar-refractivity contribution is 0.0697. The van der Waals surface area contributed by atoms with Crippen LogP contribution in [0.15, 0.2) is 12.1 Å². The quantitative estimate of drug-likeness (QED) is 0.911. The average Bonchev–Trinajstić information content (AvgIpc) is 2.62. The van der Waals surface area contributed by atoms with Crippen molar-refractivity contribution < 1.29 is 15.0 Å². The minimum Gasteiger partial charge on any atom is -0.478 e. The second-order valence-electron chi connectivity index (χ2n) is 6.56. The number of aliphatic hydroxyl groups excluding tert-OH is 1. The van der Waals surface area contributed by atoms with Gasteiger partial charge in [0.25, 0.3) is 0 Å². The Bertz CT molecular complexity index is 705. The van der Waals surface area contributed by atoms with E-state index in [1.165, 1.54) is 0 Å². The van der Waals surface area contributed by atoms with Gasteiger partial charge in [-0.05, 0) is 42.5 Å². The Labute approximate surface area is 125 Å². The number of aromatic carboxylic acids is 1. The van der Waals surface area contributed by atoms with E-state index in [-0.39, 0.29) is 12.0 Å². The Morgan fingerprint density at radius 2 is 1.86 bits per heavy atom. The van der Waals surface area contributed by atoms with Gasteiger partial charge in [0.05, 0.1) is 17.7 Å². The first-order chi connectivity index (χ1) is 9.68. The molecule has 1 heterocycles. The molecule has 0 radical (unpaired) electrons. The maximum atomic E-state index is 11.4. The van der Waals surface area contributed by atoms with Gasteiger partial charge in [-0.15, -0.1) is 0 Å². The Balaban J connectivity index is 2.96. The molecule has 2 rings (SSSR count). The number of nitrogens with zero attached hydrogens (tertiary/aromatic N) is 1. The van der Waals surface area contributed by atoms with Gasteiger partial charge in [-0.1, -0.05) is 20.8 Å². The van der Waals surface area contributed by atoms with E-state index in [0.29, 0.717) is 12.1 Å². The number of hydrogen-bond donors (Lipinski definition) is 2. The lowest BCUT2D eigenvalue weighted by atomic mass is 9.84. The second-order valence-corrected chi connectivity index (χ2v) is 6.56. The predicted octanol–water partition coefficient (Wildman–Crippen LogP) is 3.25. The number of carbonyl (C=O) groups is 1. The van der Waals surface area contributed by atoms with Crippen LogP contribution < -0.4 is 0 Å². The third-order valence-corrected chi connectivity index (χ3v) is 4.11. The van der Waals surface area contributed by atoms with E-state index >= 15 is 0 Å². The van der Waals surface area contributed by atoms with Gasteiger partial charge < -0.3 is 14.8 Å². The van der Waals surface area contributed by atoms with Gasteiger partial charge in [0, 0.05) is 17.6 Å². The molecule has 0 amide bonds. The summed E-state index contributed by atoms with van der Waals surface area (Å²) >= 11 is 0. The molecular weight excluding hydrogens is 266 g/mol. The van der Waals surface area contributed by atoms with E-state index in [0.717, 1.165) is 27.7 Å². The highest BCUT2D eigenvalue weighted by Gasteiger charge is 2.24. The highest BCUT2D eigenvalue weighted by atomic mass is 16.4. The molecule has 2 N–H and O–H groups in total. The van der Waals surface area contributed by atoms with Crippen molar-refractivity contribution in [3.05, 3.63) is 34.5 Å². The molecule has 0 saturated carbocycles. The summed E-state index contributed by atoms with van der Waals surface area (Å²) < 4.78 is 2.09. The third-order valence-electron chi connectivity index (χ3n) is 4.11. The first kappa shape index (κ1) is 15.6. The largest absolute Gasteiger partial charge is 0.478 e. The highest BCUT2D eigenvalue weighted by molar-refractivity contribution is 5.97. The molecule has 1 aromatic heterocycles. The van der Waals surface area contributed by atoms with Crippen LogP contribution in [-0.2, 0) is 12.0 Å². The summed E-state index contributed by atoms with van der Waals surface area (Å²) in [6.07, 6.45) is 0. The molecule has 0 aliphatic carbocycles. The molecule has 4 nitrogen and oxygen atoms in total. The number of carboxylic acids is 1. The Kier molecular flexibility index (Phi) is 3.85. The third kappa shape index (κ3) is 2.56. The normalized spacial score (nSPS) is 12.1. The van der Waals surface area contributed by atoms with Crippen LogP contribution in [0.4, 0.5) is 0 Å². The van der Waals surface area contributed by atoms with Crippen molar-refractivity contribution in [3.8, 4) is 0 Å². The molecule has 2 aromatic rings. The fourth-order valence-corrected chi connectivity index (χ4v) is 2.85. The molecule has 0 bridgehead atoms. The van der Waals surface area contributed by atoms with E-state index in [1.54, 1.807) is 12.1 Å². The van der Waals surface area contributed by atoms with Crippen molar-refractivity contribution in [1.82, 2.24) is 4.57 Å². The molecule has 0 fully saturated rings. The van der Waals surface area contributed by atoms with Crippen molar-refractivity contribution in [3.63, 3.8) is 0 Å². The van der Waals surface area contributed by atoms with Crippen molar-refractivity contribution in [2.24, 2.45) is 0 Å². The fourth-order valence-electron chi connectivity index (χ4n) is 2.85. The lowest BCUT2D eigenvalue weighted by Gasteiger charge is -2.22. The van der Waals surface area contributed by atoms with Crippen LogP contribution in [0.25, 0.3) is 10.9 Å². The minimum absolute atomic E-state index is 0.0638. The molecule has 1 aromatic carbocycles. The van der Waals surface area contributed by atoms with Crippen LogP contribution in [-0.4, -0.2) is 27.4 Å². The van der Waals surface area contributed by atoms with Crippen LogP contribution in [0.1, 0.15) is 48.0 Å². The first-order valence-corrected chi connectivity index (χ1v) is 7.16. The van der Waals surface area contributed by atoms with Crippen LogP contribution in [0.2, 0.25) is 0 Å². The number of hydrogen-bond acceptors (Lipinski definition) is 2. The second kappa shape index (κ2) is 5.19. The zero-order valence-electron chi connectivity index (χ0n) is 13.3. The van der Waals surface area contributed by atoms with Crippen molar-refractivity contribution in [2.75, 3.05) is 6.61 Å². The van der Waals surface area contributed by atoms with E-state index < -0.39 is 5.97 Å². The molecule has 0 saturated heterocycles. The monoisotopic (exact) mass is 289 g/mol.